The quantitative estimate of drug-likeness (QED) is 0.449. The molecule has 0 aliphatic carbocycles. The number of carbonyl (C=O) groups is 1. The number of thiophene rings is 1. The molecule has 1 aromatic heterocycles. The first kappa shape index (κ1) is 17.3. The zero-order valence-electron chi connectivity index (χ0n) is 11.9. The van der Waals surface area contributed by atoms with Crippen LogP contribution in [0.25, 0.3) is 6.08 Å². The van der Waals surface area contributed by atoms with Crippen molar-refractivity contribution in [1.29, 1.82) is 0 Å². The Bertz CT molecular complexity index is 808. The fraction of sp³-hybridized carbons (Fsp3) is 0.133. The largest absolute Gasteiger partial charge is 0.375 e. The molecule has 0 amide bonds. The van der Waals surface area contributed by atoms with Gasteiger partial charge in [0.25, 0.3) is 5.78 Å². The molecule has 23 heavy (non-hydrogen) atoms. The van der Waals surface area contributed by atoms with Crippen molar-refractivity contribution in [2.24, 2.45) is 0 Å². The third kappa shape index (κ3) is 4.46. The summed E-state index contributed by atoms with van der Waals surface area (Å²) in [6.45, 7) is 1.76. The van der Waals surface area contributed by atoms with E-state index in [-0.39, 0.29) is 4.90 Å². The Kier molecular flexibility index (Phi) is 5.27. The molecule has 0 N–H and O–H groups in total. The summed E-state index contributed by atoms with van der Waals surface area (Å²) >= 11 is 1.16. The van der Waals surface area contributed by atoms with Gasteiger partial charge in [-0.3, -0.25) is 4.79 Å². The van der Waals surface area contributed by atoms with E-state index in [0.717, 1.165) is 23.0 Å². The monoisotopic (exact) mass is 358 g/mol. The molecule has 1 heterocycles. The lowest BCUT2D eigenvalue weighted by Crippen LogP contribution is -2.18. The van der Waals surface area contributed by atoms with Gasteiger partial charge >= 0.3 is 16.5 Å². The molecule has 0 fully saturated rings. The number of benzene rings is 1. The van der Waals surface area contributed by atoms with E-state index >= 15 is 0 Å². The number of hydrogen-bond acceptors (Lipinski definition) is 5. The molecule has 0 saturated heterocycles. The van der Waals surface area contributed by atoms with Crippen molar-refractivity contribution in [3.63, 3.8) is 0 Å². The van der Waals surface area contributed by atoms with Crippen LogP contribution < -0.4 is 0 Å². The van der Waals surface area contributed by atoms with Crippen LogP contribution in [0.15, 0.2) is 52.4 Å². The van der Waals surface area contributed by atoms with Gasteiger partial charge in [0.2, 0.25) is 0 Å². The van der Waals surface area contributed by atoms with E-state index < -0.39 is 28.1 Å². The number of rotatable bonds is 6. The lowest BCUT2D eigenvalue weighted by Gasteiger charge is -2.09. The van der Waals surface area contributed by atoms with Crippen molar-refractivity contribution >= 4 is 33.3 Å². The van der Waals surface area contributed by atoms with Crippen LogP contribution in [0.4, 0.5) is 8.78 Å². The Morgan fingerprint density at radius 3 is 2.39 bits per heavy atom. The van der Waals surface area contributed by atoms with Gasteiger partial charge in [0.1, 0.15) is 4.90 Å². The summed E-state index contributed by atoms with van der Waals surface area (Å²) in [7, 11) is -4.38. The summed E-state index contributed by atoms with van der Waals surface area (Å²) < 4.78 is 54.3. The van der Waals surface area contributed by atoms with Crippen molar-refractivity contribution in [3.05, 3.63) is 58.0 Å². The molecule has 0 radical (unpaired) electrons. The number of Topliss-reactive ketones (excluding diaryl/α,β-unsaturated/α-hetero) is 1. The molecular formula is C15H12F2O4S2. The molecule has 0 aliphatic rings. The second kappa shape index (κ2) is 7.01. The zero-order chi connectivity index (χ0) is 17.0. The zero-order valence-corrected chi connectivity index (χ0v) is 13.5. The number of allylic oxidation sites excluding steroid dienone is 1. The van der Waals surface area contributed by atoms with Crippen molar-refractivity contribution in [2.75, 3.05) is 0 Å². The van der Waals surface area contributed by atoms with Crippen LogP contribution in [0.2, 0.25) is 0 Å². The maximum Gasteiger partial charge on any atom is 0.339 e. The number of ketones is 1. The van der Waals surface area contributed by atoms with Gasteiger partial charge in [-0.25, -0.2) is 8.78 Å². The van der Waals surface area contributed by atoms with E-state index in [9.17, 15) is 22.0 Å². The van der Waals surface area contributed by atoms with E-state index in [1.807, 2.05) is 0 Å². The number of aryl methyl sites for hydroxylation is 1. The lowest BCUT2D eigenvalue weighted by molar-refractivity contribution is -0.127. The van der Waals surface area contributed by atoms with E-state index in [1.54, 1.807) is 24.4 Å². The van der Waals surface area contributed by atoms with Crippen LogP contribution in [0.3, 0.4) is 0 Å². The van der Waals surface area contributed by atoms with Crippen LogP contribution in [-0.4, -0.2) is 20.6 Å². The summed E-state index contributed by atoms with van der Waals surface area (Å²) in [5.41, 5.74) is 0.821. The summed E-state index contributed by atoms with van der Waals surface area (Å²) in [6.07, 6.45) is -2.38. The van der Waals surface area contributed by atoms with Gasteiger partial charge in [-0.15, -0.1) is 11.3 Å². The number of carbonyl (C=O) groups excluding carboxylic acids is 1. The molecule has 4 nitrogen and oxygen atoms in total. The standard InChI is InChI=1S/C15H12F2O4S2/c1-10-4-6-12(7-5-10)23(19,20)21-13(14(18)15(16)17)9-11-3-2-8-22-11/h2-9,15H,1H3/b13-9-. The second-order valence-electron chi connectivity index (χ2n) is 4.54. The smallest absolute Gasteiger partial charge is 0.339 e. The average Bonchev–Trinajstić information content (AvgIpc) is 2.99. The van der Waals surface area contributed by atoms with Gasteiger partial charge in [0.15, 0.2) is 5.76 Å². The third-order valence-electron chi connectivity index (χ3n) is 2.77. The highest BCUT2D eigenvalue weighted by molar-refractivity contribution is 7.86. The van der Waals surface area contributed by atoms with Crippen LogP contribution in [0.5, 0.6) is 0 Å². The summed E-state index contributed by atoms with van der Waals surface area (Å²) in [5, 5.41) is 1.66. The van der Waals surface area contributed by atoms with E-state index in [0.29, 0.717) is 4.88 Å². The second-order valence-corrected chi connectivity index (χ2v) is 7.07. The van der Waals surface area contributed by atoms with Gasteiger partial charge in [-0.1, -0.05) is 23.8 Å². The number of hydrogen-bond donors (Lipinski definition) is 0. The first-order valence-corrected chi connectivity index (χ1v) is 8.67. The lowest BCUT2D eigenvalue weighted by atomic mass is 10.2. The average molecular weight is 358 g/mol. The van der Waals surface area contributed by atoms with Crippen LogP contribution >= 0.6 is 11.3 Å². The highest BCUT2D eigenvalue weighted by Gasteiger charge is 2.28. The highest BCUT2D eigenvalue weighted by atomic mass is 32.2. The van der Waals surface area contributed by atoms with E-state index in [4.69, 9.17) is 0 Å². The molecule has 0 unspecified atom stereocenters. The Labute approximate surface area is 136 Å². The third-order valence-corrected chi connectivity index (χ3v) is 4.83. The molecule has 0 saturated carbocycles. The van der Waals surface area contributed by atoms with Crippen molar-refractivity contribution in [3.8, 4) is 0 Å². The predicted octanol–water partition coefficient (Wildman–Crippen LogP) is 3.64. The maximum atomic E-state index is 12.7. The molecule has 2 aromatic rings. The first-order chi connectivity index (χ1) is 10.8. The molecule has 122 valence electrons. The van der Waals surface area contributed by atoms with Crippen molar-refractivity contribution in [2.45, 2.75) is 18.2 Å². The molecule has 0 bridgehead atoms. The fourth-order valence-corrected chi connectivity index (χ4v) is 3.20. The Morgan fingerprint density at radius 2 is 1.87 bits per heavy atom. The van der Waals surface area contributed by atoms with E-state index in [2.05, 4.69) is 4.18 Å². The van der Waals surface area contributed by atoms with Gasteiger partial charge in [0, 0.05) is 11.0 Å². The fourth-order valence-electron chi connectivity index (χ4n) is 1.62. The van der Waals surface area contributed by atoms with Crippen LogP contribution in [-0.2, 0) is 19.1 Å². The minimum Gasteiger partial charge on any atom is -0.375 e. The highest BCUT2D eigenvalue weighted by Crippen LogP contribution is 2.22. The molecule has 0 aliphatic heterocycles. The molecular weight excluding hydrogens is 346 g/mol. The first-order valence-electron chi connectivity index (χ1n) is 6.38. The molecule has 0 atom stereocenters. The van der Waals surface area contributed by atoms with E-state index in [1.165, 1.54) is 24.3 Å². The van der Waals surface area contributed by atoms with Crippen LogP contribution in [0, 0.1) is 6.92 Å². The maximum absolute atomic E-state index is 12.7. The van der Waals surface area contributed by atoms with Gasteiger partial charge < -0.3 is 4.18 Å². The Balaban J connectivity index is 2.37. The molecule has 2 rings (SSSR count). The summed E-state index contributed by atoms with van der Waals surface area (Å²) in [5.74, 6) is -2.60. The minimum absolute atomic E-state index is 0.220. The Morgan fingerprint density at radius 1 is 1.22 bits per heavy atom. The summed E-state index contributed by atoms with van der Waals surface area (Å²) in [4.78, 5) is 11.7. The van der Waals surface area contributed by atoms with Gasteiger partial charge in [-0.2, -0.15) is 8.42 Å². The predicted molar refractivity (Wildman–Crippen MR) is 82.8 cm³/mol. The topological polar surface area (TPSA) is 60.4 Å². The molecule has 1 aromatic carbocycles. The number of alkyl halides is 2. The normalized spacial score (nSPS) is 12.4. The van der Waals surface area contributed by atoms with Crippen molar-refractivity contribution in [1.82, 2.24) is 0 Å². The molecule has 8 heteroatoms. The van der Waals surface area contributed by atoms with Gasteiger partial charge in [0.05, 0.1) is 0 Å². The van der Waals surface area contributed by atoms with Crippen LogP contribution in [0.1, 0.15) is 10.4 Å². The SMILES string of the molecule is Cc1ccc(S(=O)(=O)O/C(=C\c2cccs2)C(=O)C(F)F)cc1. The Hall–Kier alpha value is -2.06. The number of halogens is 2. The summed E-state index contributed by atoms with van der Waals surface area (Å²) in [6, 6.07) is 8.81. The molecule has 0 spiro atoms. The minimum atomic E-state index is -4.38. The van der Waals surface area contributed by atoms with Crippen molar-refractivity contribution < 1.29 is 26.2 Å². The van der Waals surface area contributed by atoms with Gasteiger partial charge in [-0.05, 0) is 30.5 Å².